The molecule has 2 bridgehead atoms. The van der Waals surface area contributed by atoms with Gasteiger partial charge in [0.15, 0.2) is 29.8 Å². The first-order chi connectivity index (χ1) is 27.5. The van der Waals surface area contributed by atoms with Gasteiger partial charge in [-0.1, -0.05) is 103 Å². The number of likely N-dealkylation sites (N-methyl/N-ethyl adjacent to an activating group) is 1. The lowest BCUT2D eigenvalue weighted by atomic mass is 9.50. The van der Waals surface area contributed by atoms with Crippen LogP contribution < -0.4 is 4.74 Å². The van der Waals surface area contributed by atoms with Crippen molar-refractivity contribution in [3.05, 3.63) is 35.1 Å². The van der Waals surface area contributed by atoms with Crippen molar-refractivity contribution in [2.75, 3.05) is 13.6 Å². The number of halogens is 3. The van der Waals surface area contributed by atoms with E-state index in [9.17, 15) is 37.8 Å². The van der Waals surface area contributed by atoms with Crippen molar-refractivity contribution < 1.29 is 66.6 Å². The molecule has 1 fully saturated rings. The number of ether oxygens (including phenoxy) is 4. The largest absolute Gasteiger partial charge is 0.504 e. The monoisotopic (exact) mass is 825 g/mol. The minimum Gasteiger partial charge on any atom is -0.504 e. The maximum atomic E-state index is 13.2. The highest BCUT2D eigenvalue weighted by Crippen LogP contribution is 2.65. The van der Waals surface area contributed by atoms with Gasteiger partial charge in [-0.15, -0.1) is 0 Å². The van der Waals surface area contributed by atoms with Crippen molar-refractivity contribution in [1.29, 1.82) is 0 Å². The molecular weight excluding hydrogens is 763 g/mol. The summed E-state index contributed by atoms with van der Waals surface area (Å²) < 4.78 is 54.5. The van der Waals surface area contributed by atoms with Crippen LogP contribution in [0.4, 0.5) is 13.2 Å². The maximum absolute atomic E-state index is 13.2. The first-order valence-corrected chi connectivity index (χ1v) is 21.0. The average Bonchev–Trinajstić information content (AvgIpc) is 3.53. The Labute approximate surface area is 339 Å². The van der Waals surface area contributed by atoms with E-state index in [2.05, 4.69) is 11.8 Å². The number of piperidine rings is 1. The molecule has 0 radical (unpaired) electrons. The lowest BCUT2D eigenvalue weighted by Gasteiger charge is -2.61. The molecule has 1 saturated heterocycles. The second-order valence-electron chi connectivity index (χ2n) is 16.2. The number of unbranched alkanes of at least 4 members (excludes halogenated alkanes) is 14. The molecule has 58 heavy (non-hydrogen) atoms. The Hall–Kier alpha value is -3.85. The molecule has 0 amide bonds. The fourth-order valence-electron chi connectivity index (χ4n) is 8.90. The summed E-state index contributed by atoms with van der Waals surface area (Å²) in [5.74, 6) is -4.34. The molecule has 6 atom stereocenters. The lowest BCUT2D eigenvalue weighted by molar-refractivity contribution is -0.192. The van der Waals surface area contributed by atoms with Crippen LogP contribution in [0.25, 0.3) is 0 Å². The summed E-state index contributed by atoms with van der Waals surface area (Å²) in [5.41, 5.74) is -0.285. The summed E-state index contributed by atoms with van der Waals surface area (Å²) in [4.78, 5) is 49.4. The van der Waals surface area contributed by atoms with Gasteiger partial charge in [-0.3, -0.25) is 4.79 Å². The van der Waals surface area contributed by atoms with Crippen molar-refractivity contribution >= 4 is 23.9 Å². The van der Waals surface area contributed by atoms with Crippen LogP contribution in [-0.4, -0.2) is 93.8 Å². The molecule has 1 spiro atoms. The Morgan fingerprint density at radius 1 is 0.879 bits per heavy atom. The number of alkyl halides is 3. The summed E-state index contributed by atoms with van der Waals surface area (Å²) in [6.07, 6.45) is 13.5. The summed E-state index contributed by atoms with van der Waals surface area (Å²) in [6.45, 7) is 5.79. The van der Waals surface area contributed by atoms with Crippen molar-refractivity contribution in [3.63, 3.8) is 0 Å². The smallest absolute Gasteiger partial charge is 0.490 e. The van der Waals surface area contributed by atoms with E-state index in [4.69, 9.17) is 28.8 Å². The molecule has 12 nitrogen and oxygen atoms in total. The molecule has 2 heterocycles. The fraction of sp³-hybridized carbons (Fsp3) is 0.721. The van der Waals surface area contributed by atoms with Crippen molar-refractivity contribution in [2.24, 2.45) is 0 Å². The maximum Gasteiger partial charge on any atom is 0.490 e. The molecule has 15 heteroatoms. The van der Waals surface area contributed by atoms with Gasteiger partial charge >= 0.3 is 30.1 Å². The van der Waals surface area contributed by atoms with Gasteiger partial charge in [-0.2, -0.15) is 13.2 Å². The van der Waals surface area contributed by atoms with E-state index in [1.807, 2.05) is 13.1 Å². The zero-order valence-corrected chi connectivity index (χ0v) is 34.4. The number of carbonyl (C=O) groups is 4. The zero-order chi connectivity index (χ0) is 42.7. The second kappa shape index (κ2) is 20.9. The number of aliphatic hydroxyl groups is 1. The van der Waals surface area contributed by atoms with E-state index < -0.39 is 59.4 Å². The van der Waals surface area contributed by atoms with Crippen LogP contribution in [0.3, 0.4) is 0 Å². The molecule has 0 saturated carbocycles. The molecular formula is C43H62F3NO11. The summed E-state index contributed by atoms with van der Waals surface area (Å²) in [5, 5.41) is 30.1. The zero-order valence-electron chi connectivity index (χ0n) is 34.4. The van der Waals surface area contributed by atoms with Gasteiger partial charge in [0.1, 0.15) is 5.76 Å². The number of rotatable bonds is 21. The van der Waals surface area contributed by atoms with Gasteiger partial charge in [0.05, 0.1) is 11.0 Å². The van der Waals surface area contributed by atoms with Crippen LogP contribution in [0.1, 0.15) is 147 Å². The van der Waals surface area contributed by atoms with E-state index >= 15 is 0 Å². The summed E-state index contributed by atoms with van der Waals surface area (Å²) >= 11 is 0. The van der Waals surface area contributed by atoms with Crippen molar-refractivity contribution in [3.8, 4) is 11.5 Å². The van der Waals surface area contributed by atoms with Crippen LogP contribution in [0.5, 0.6) is 11.5 Å². The topological polar surface area (TPSA) is 169 Å². The van der Waals surface area contributed by atoms with Crippen LogP contribution in [0.15, 0.2) is 24.0 Å². The number of esters is 3. The first kappa shape index (κ1) is 46.8. The molecule has 1 aromatic carbocycles. The Morgan fingerprint density at radius 2 is 1.41 bits per heavy atom. The van der Waals surface area contributed by atoms with Crippen LogP contribution in [-0.2, 0) is 45.2 Å². The van der Waals surface area contributed by atoms with E-state index in [1.54, 1.807) is 12.1 Å². The predicted molar refractivity (Wildman–Crippen MR) is 207 cm³/mol. The first-order valence-electron chi connectivity index (χ1n) is 21.0. The number of carbonyl (C=O) groups excluding carboxylic acids is 3. The van der Waals surface area contributed by atoms with E-state index in [1.165, 1.54) is 90.9 Å². The standard InChI is InChI=1S/C41H61NO9.C2HF3O2/c1-5-6-7-8-9-10-11-12-13-14-15-16-17-18-19-20-34(44)48-28(2)38(45)49-29(3)39(46)50-32-23-24-41(47)33-27-30-21-22-31(43)36-35(30)40(41,37(32)51-36)25-26-42(33)4;3-2(4,5)1(6)7/h21-23,28-29,33,37,43,47H,5-20,24-27H2,1-4H3;(H,6,7)/t28-,29-,33+,37-,40-,41+;/m0./s1. The minimum atomic E-state index is -5.08. The quantitative estimate of drug-likeness (QED) is 0.0622. The number of aliphatic carboxylic acids is 1. The van der Waals surface area contributed by atoms with Crippen molar-refractivity contribution in [2.45, 2.75) is 184 Å². The third kappa shape index (κ3) is 11.0. The number of aromatic hydroxyl groups is 1. The Balaban J connectivity index is 0.000000973. The highest BCUT2D eigenvalue weighted by Gasteiger charge is 2.72. The molecule has 0 aromatic heterocycles. The van der Waals surface area contributed by atoms with Gasteiger partial charge in [-0.05, 0) is 64.4 Å². The number of carboxylic acid groups (broad SMARTS) is 1. The normalized spacial score (nSPS) is 23.9. The molecule has 1 aromatic rings. The van der Waals surface area contributed by atoms with Crippen LogP contribution in [0.2, 0.25) is 0 Å². The number of likely N-dealkylation sites (tertiary alicyclic amines) is 1. The molecule has 3 N–H and O–H groups in total. The lowest BCUT2D eigenvalue weighted by Crippen LogP contribution is -2.74. The van der Waals surface area contributed by atoms with Gasteiger partial charge in [-0.25, -0.2) is 14.4 Å². The number of hydrogen-bond donors (Lipinski definition) is 3. The Morgan fingerprint density at radius 3 is 1.97 bits per heavy atom. The Bertz CT molecular complexity index is 1620. The highest BCUT2D eigenvalue weighted by atomic mass is 19.4. The summed E-state index contributed by atoms with van der Waals surface area (Å²) in [6, 6.07) is 3.32. The number of phenols is 1. The SMILES string of the molecule is CCCCCCCCCCCCCCCCCC(=O)O[C@@H](C)C(=O)O[C@@H](C)C(=O)OC1=CC[C@@]2(O)[C@H]3Cc4ccc(O)c5c4[C@@]2(CCN3C)[C@H]1O5.O=C(O)C(F)(F)F. The molecule has 0 unspecified atom stereocenters. The number of hydrogen-bond acceptors (Lipinski definition) is 11. The van der Waals surface area contributed by atoms with Gasteiger partial charge in [0.2, 0.25) is 0 Å². The number of nitrogens with zero attached hydrogens (tertiary/aromatic N) is 1. The molecule has 2 aliphatic heterocycles. The van der Waals surface area contributed by atoms with E-state index in [-0.39, 0.29) is 30.4 Å². The Kier molecular flexibility index (Phi) is 16.9. The van der Waals surface area contributed by atoms with Crippen molar-refractivity contribution in [1.82, 2.24) is 4.90 Å². The van der Waals surface area contributed by atoms with E-state index in [0.717, 1.165) is 24.0 Å². The number of benzene rings is 1. The van der Waals surface area contributed by atoms with Gasteiger partial charge < -0.3 is 39.2 Å². The molecule has 5 rings (SSSR count). The predicted octanol–water partition coefficient (Wildman–Crippen LogP) is 7.97. The van der Waals surface area contributed by atoms with Gasteiger partial charge in [0, 0.05) is 24.4 Å². The number of carboxylic acids is 1. The van der Waals surface area contributed by atoms with E-state index in [0.29, 0.717) is 31.6 Å². The molecule has 4 aliphatic rings. The average molecular weight is 826 g/mol. The third-order valence-electron chi connectivity index (χ3n) is 12.1. The summed E-state index contributed by atoms with van der Waals surface area (Å²) in [7, 11) is 2.00. The number of phenolic OH excluding ortho intramolecular Hbond substituents is 1. The minimum absolute atomic E-state index is 0.0200. The molecule has 2 aliphatic carbocycles. The van der Waals surface area contributed by atoms with Crippen LogP contribution >= 0.6 is 0 Å². The molecule has 326 valence electrons. The third-order valence-corrected chi connectivity index (χ3v) is 12.1. The second-order valence-corrected chi connectivity index (χ2v) is 16.2. The van der Waals surface area contributed by atoms with Crippen LogP contribution in [0, 0.1) is 0 Å². The van der Waals surface area contributed by atoms with Gasteiger partial charge in [0.25, 0.3) is 0 Å². The fourth-order valence-corrected chi connectivity index (χ4v) is 8.90. The highest BCUT2D eigenvalue weighted by molar-refractivity contribution is 5.83.